The largest absolute Gasteiger partial charge is 0.497 e. The number of rotatable bonds is 10. The average molecular weight is 701 g/mol. The van der Waals surface area contributed by atoms with Crippen molar-refractivity contribution in [3.8, 4) is 62.5 Å². The summed E-state index contributed by atoms with van der Waals surface area (Å²) >= 11 is 0. The molecule has 0 bridgehead atoms. The molecule has 0 radical (unpaired) electrons. The van der Waals surface area contributed by atoms with Crippen LogP contribution in [0.25, 0.3) is 22.3 Å². The van der Waals surface area contributed by atoms with Crippen LogP contribution < -0.4 is 18.9 Å². The smallest absolute Gasteiger partial charge is 0.131 e. The molecule has 0 atom stereocenters. The molecule has 0 saturated heterocycles. The molecule has 9 rings (SSSR count). The molecule has 0 saturated carbocycles. The van der Waals surface area contributed by atoms with Gasteiger partial charge < -0.3 is 18.9 Å². The third-order valence-corrected chi connectivity index (χ3v) is 10.1. The molecule has 0 N–H and O–H groups in total. The van der Waals surface area contributed by atoms with Gasteiger partial charge in [-0.05, 0) is 117 Å². The summed E-state index contributed by atoms with van der Waals surface area (Å²) in [6.07, 6.45) is 0. The van der Waals surface area contributed by atoms with E-state index in [0.717, 1.165) is 45.4 Å². The van der Waals surface area contributed by atoms with Crippen molar-refractivity contribution >= 4 is 0 Å². The Bertz CT molecular complexity index is 2480. The molecule has 260 valence electrons. The van der Waals surface area contributed by atoms with Crippen LogP contribution in [0.5, 0.6) is 40.2 Å². The lowest BCUT2D eigenvalue weighted by molar-refractivity contribution is 0.414. The molecule has 0 fully saturated rings. The summed E-state index contributed by atoms with van der Waals surface area (Å²) in [4.78, 5) is 0. The van der Waals surface area contributed by atoms with Crippen LogP contribution >= 0.6 is 0 Å². The van der Waals surface area contributed by atoms with Gasteiger partial charge in [-0.1, -0.05) is 121 Å². The molecule has 8 aromatic rings. The Morgan fingerprint density at radius 2 is 0.685 bits per heavy atom. The first kappa shape index (κ1) is 32.8. The van der Waals surface area contributed by atoms with Crippen molar-refractivity contribution in [1.82, 2.24) is 0 Å². The SMILES string of the molecule is COc1ccc(C2(c3ccc(Oc4cccc(Oc5ccc(-c6ccc(Oc7ccccc7)cc6)cc5)c4)cc3)c3ccccc3-c3ccccc32)cc1. The number of methoxy groups -OCH3 is 1. The van der Waals surface area contributed by atoms with E-state index in [9.17, 15) is 0 Å². The van der Waals surface area contributed by atoms with Crippen molar-refractivity contribution in [1.29, 1.82) is 0 Å². The minimum absolute atomic E-state index is 0.498. The monoisotopic (exact) mass is 700 g/mol. The first-order chi connectivity index (χ1) is 26.7. The van der Waals surface area contributed by atoms with Crippen molar-refractivity contribution in [2.45, 2.75) is 5.41 Å². The molecule has 1 aliphatic rings. The zero-order valence-corrected chi connectivity index (χ0v) is 29.7. The van der Waals surface area contributed by atoms with Crippen LogP contribution in [0.3, 0.4) is 0 Å². The fraction of sp³-hybridized carbons (Fsp3) is 0.0400. The van der Waals surface area contributed by atoms with Crippen LogP contribution in [0.15, 0.2) is 200 Å². The number of fused-ring (bicyclic) bond motifs is 3. The van der Waals surface area contributed by atoms with E-state index in [0.29, 0.717) is 11.5 Å². The van der Waals surface area contributed by atoms with E-state index in [1.54, 1.807) is 7.11 Å². The van der Waals surface area contributed by atoms with E-state index >= 15 is 0 Å². The number of hydrogen-bond donors (Lipinski definition) is 0. The Morgan fingerprint density at radius 3 is 1.17 bits per heavy atom. The van der Waals surface area contributed by atoms with Gasteiger partial charge in [-0.3, -0.25) is 0 Å². The molecular formula is C50H36O4. The Balaban J connectivity index is 0.935. The molecular weight excluding hydrogens is 665 g/mol. The van der Waals surface area contributed by atoms with E-state index in [-0.39, 0.29) is 0 Å². The van der Waals surface area contributed by atoms with Gasteiger partial charge in [0.25, 0.3) is 0 Å². The molecule has 8 aromatic carbocycles. The molecule has 0 aliphatic heterocycles. The van der Waals surface area contributed by atoms with Gasteiger partial charge in [-0.2, -0.15) is 0 Å². The van der Waals surface area contributed by atoms with E-state index in [4.69, 9.17) is 18.9 Å². The van der Waals surface area contributed by atoms with Crippen molar-refractivity contribution in [2.75, 3.05) is 7.11 Å². The van der Waals surface area contributed by atoms with Crippen LogP contribution in [-0.4, -0.2) is 7.11 Å². The number of ether oxygens (including phenoxy) is 4. The van der Waals surface area contributed by atoms with Gasteiger partial charge in [0.1, 0.15) is 40.2 Å². The minimum Gasteiger partial charge on any atom is -0.497 e. The summed E-state index contributed by atoms with van der Waals surface area (Å²) in [5, 5.41) is 0. The summed E-state index contributed by atoms with van der Waals surface area (Å²) in [5.41, 5.74) is 9.04. The third-order valence-electron chi connectivity index (χ3n) is 10.1. The molecule has 0 aromatic heterocycles. The van der Waals surface area contributed by atoms with Crippen LogP contribution in [0.2, 0.25) is 0 Å². The van der Waals surface area contributed by atoms with Crippen molar-refractivity contribution in [3.05, 3.63) is 222 Å². The van der Waals surface area contributed by atoms with Gasteiger partial charge in [-0.25, -0.2) is 0 Å². The molecule has 1 aliphatic carbocycles. The maximum Gasteiger partial charge on any atom is 0.131 e. The normalized spacial score (nSPS) is 12.3. The van der Waals surface area contributed by atoms with Crippen molar-refractivity contribution in [2.24, 2.45) is 0 Å². The van der Waals surface area contributed by atoms with E-state index < -0.39 is 5.41 Å². The highest BCUT2D eigenvalue weighted by Crippen LogP contribution is 2.56. The predicted molar refractivity (Wildman–Crippen MR) is 215 cm³/mol. The highest BCUT2D eigenvalue weighted by Gasteiger charge is 2.45. The maximum atomic E-state index is 6.40. The summed E-state index contributed by atoms with van der Waals surface area (Å²) in [6, 6.07) is 68.1. The highest BCUT2D eigenvalue weighted by molar-refractivity contribution is 5.86. The van der Waals surface area contributed by atoms with Crippen LogP contribution in [0, 0.1) is 0 Å². The van der Waals surface area contributed by atoms with Gasteiger partial charge in [0, 0.05) is 6.07 Å². The van der Waals surface area contributed by atoms with Crippen LogP contribution in [0.4, 0.5) is 0 Å². The maximum absolute atomic E-state index is 6.40. The van der Waals surface area contributed by atoms with Gasteiger partial charge in [0.15, 0.2) is 0 Å². The van der Waals surface area contributed by atoms with Gasteiger partial charge in [-0.15, -0.1) is 0 Å². The Kier molecular flexibility index (Phi) is 8.62. The quantitative estimate of drug-likeness (QED) is 0.142. The van der Waals surface area contributed by atoms with Gasteiger partial charge in [0.05, 0.1) is 12.5 Å². The molecule has 0 unspecified atom stereocenters. The Hall–Kier alpha value is -7.04. The summed E-state index contributed by atoms with van der Waals surface area (Å²) < 4.78 is 24.1. The lowest BCUT2D eigenvalue weighted by Gasteiger charge is -2.34. The fourth-order valence-electron chi connectivity index (χ4n) is 7.57. The first-order valence-corrected chi connectivity index (χ1v) is 18.0. The summed E-state index contributed by atoms with van der Waals surface area (Å²) in [7, 11) is 1.70. The molecule has 4 nitrogen and oxygen atoms in total. The second kappa shape index (κ2) is 14.2. The second-order valence-corrected chi connectivity index (χ2v) is 13.2. The summed E-state index contributed by atoms with van der Waals surface area (Å²) in [6.45, 7) is 0. The van der Waals surface area contributed by atoms with Crippen molar-refractivity contribution < 1.29 is 18.9 Å². The molecule has 0 heterocycles. The highest BCUT2D eigenvalue weighted by atomic mass is 16.5. The number of para-hydroxylation sites is 1. The summed E-state index contributed by atoms with van der Waals surface area (Å²) in [5.74, 6) is 5.31. The van der Waals surface area contributed by atoms with Crippen molar-refractivity contribution in [3.63, 3.8) is 0 Å². The Labute approximate surface area is 315 Å². The number of benzene rings is 8. The Morgan fingerprint density at radius 1 is 0.315 bits per heavy atom. The molecule has 0 amide bonds. The third kappa shape index (κ3) is 6.14. The van der Waals surface area contributed by atoms with Gasteiger partial charge in [0.2, 0.25) is 0 Å². The molecule has 4 heteroatoms. The lowest BCUT2D eigenvalue weighted by Crippen LogP contribution is -2.28. The molecule has 54 heavy (non-hydrogen) atoms. The van der Waals surface area contributed by atoms with E-state index in [1.165, 1.54) is 27.8 Å². The lowest BCUT2D eigenvalue weighted by atomic mass is 9.68. The zero-order chi connectivity index (χ0) is 36.3. The van der Waals surface area contributed by atoms with Crippen LogP contribution in [0.1, 0.15) is 22.3 Å². The first-order valence-electron chi connectivity index (χ1n) is 18.0. The van der Waals surface area contributed by atoms with E-state index in [2.05, 4.69) is 109 Å². The molecule has 0 spiro atoms. The van der Waals surface area contributed by atoms with Crippen LogP contribution in [-0.2, 0) is 5.41 Å². The standard InChI is InChI=1S/C50H36O4/c1-51-39-30-22-37(23-31-39)50(48-16-7-5-14-46(48)47-15-6-8-17-49(47)50)38-24-32-43(33-25-38)54-45-13-9-12-44(34-45)53-42-28-20-36(21-29-42)35-18-26-41(27-19-35)52-40-10-3-2-4-11-40/h2-34H,1H3. The van der Waals surface area contributed by atoms with Gasteiger partial charge >= 0.3 is 0 Å². The fourth-order valence-corrected chi connectivity index (χ4v) is 7.57. The van der Waals surface area contributed by atoms with E-state index in [1.807, 2.05) is 91.0 Å². The zero-order valence-electron chi connectivity index (χ0n) is 29.7. The predicted octanol–water partition coefficient (Wildman–Crippen LogP) is 13.1. The number of hydrogen-bond acceptors (Lipinski definition) is 4. The average Bonchev–Trinajstić information content (AvgIpc) is 3.53. The minimum atomic E-state index is -0.498. The second-order valence-electron chi connectivity index (χ2n) is 13.2. The topological polar surface area (TPSA) is 36.9 Å².